The normalized spacial score (nSPS) is 22.2. The summed E-state index contributed by atoms with van der Waals surface area (Å²) >= 11 is 0. The number of hydrogen-bond acceptors (Lipinski definition) is 5. The van der Waals surface area contributed by atoms with E-state index in [0.29, 0.717) is 6.04 Å². The van der Waals surface area contributed by atoms with E-state index in [1.54, 1.807) is 0 Å². The van der Waals surface area contributed by atoms with Crippen molar-refractivity contribution in [2.45, 2.75) is 45.2 Å². The van der Waals surface area contributed by atoms with E-state index in [-0.39, 0.29) is 5.97 Å². The second kappa shape index (κ2) is 7.96. The molecule has 1 aliphatic rings. The van der Waals surface area contributed by atoms with Crippen LogP contribution in [0.15, 0.2) is 0 Å². The van der Waals surface area contributed by atoms with Crippen LogP contribution in [0.2, 0.25) is 0 Å². The number of likely N-dealkylation sites (N-methyl/N-ethyl adjacent to an activating group) is 1. The number of esters is 1. The van der Waals surface area contributed by atoms with Crippen molar-refractivity contribution in [2.75, 3.05) is 46.9 Å². The highest BCUT2D eigenvalue weighted by molar-refractivity contribution is 5.80. The van der Waals surface area contributed by atoms with Crippen LogP contribution >= 0.6 is 0 Å². The molecular weight excluding hydrogens is 254 g/mol. The van der Waals surface area contributed by atoms with Crippen molar-refractivity contribution >= 4 is 5.97 Å². The quantitative estimate of drug-likeness (QED) is 0.706. The van der Waals surface area contributed by atoms with Crippen molar-refractivity contribution in [2.24, 2.45) is 0 Å². The molecule has 1 fully saturated rings. The molecule has 0 radical (unpaired) electrons. The first-order valence-electron chi connectivity index (χ1n) is 7.70. The Bertz CT molecular complexity index is 303. The molecule has 5 heteroatoms. The Kier molecular flexibility index (Phi) is 6.92. The Labute approximate surface area is 123 Å². The molecule has 1 saturated heterocycles. The van der Waals surface area contributed by atoms with Gasteiger partial charge in [-0.1, -0.05) is 6.92 Å². The van der Waals surface area contributed by atoms with Gasteiger partial charge in [-0.15, -0.1) is 0 Å². The molecule has 0 bridgehead atoms. The third kappa shape index (κ3) is 4.43. The van der Waals surface area contributed by atoms with Gasteiger partial charge in [0.25, 0.3) is 0 Å². The van der Waals surface area contributed by atoms with Gasteiger partial charge in [0, 0.05) is 38.8 Å². The van der Waals surface area contributed by atoms with Crippen molar-refractivity contribution in [1.29, 1.82) is 0 Å². The summed E-state index contributed by atoms with van der Waals surface area (Å²) in [4.78, 5) is 16.8. The van der Waals surface area contributed by atoms with Gasteiger partial charge < -0.3 is 15.0 Å². The van der Waals surface area contributed by atoms with Crippen LogP contribution in [0.25, 0.3) is 0 Å². The average Bonchev–Trinajstić information content (AvgIpc) is 2.51. The molecule has 118 valence electrons. The van der Waals surface area contributed by atoms with E-state index < -0.39 is 5.54 Å². The van der Waals surface area contributed by atoms with E-state index in [4.69, 9.17) is 4.74 Å². The summed E-state index contributed by atoms with van der Waals surface area (Å²) in [6.07, 6.45) is 1.99. The van der Waals surface area contributed by atoms with Crippen LogP contribution in [0.1, 0.15) is 33.6 Å². The second-order valence-electron chi connectivity index (χ2n) is 5.96. The van der Waals surface area contributed by atoms with Gasteiger partial charge in [0.05, 0.1) is 7.11 Å². The van der Waals surface area contributed by atoms with Crippen LogP contribution < -0.4 is 5.32 Å². The van der Waals surface area contributed by atoms with Gasteiger partial charge in [-0.2, -0.15) is 0 Å². The summed E-state index contributed by atoms with van der Waals surface area (Å²) in [6.45, 7) is 11.8. The monoisotopic (exact) mass is 285 g/mol. The summed E-state index contributed by atoms with van der Waals surface area (Å²) in [5, 5.41) is 3.09. The smallest absolute Gasteiger partial charge is 0.325 e. The molecule has 1 heterocycles. The molecule has 1 aliphatic heterocycles. The predicted molar refractivity (Wildman–Crippen MR) is 81.9 cm³/mol. The van der Waals surface area contributed by atoms with Gasteiger partial charge >= 0.3 is 5.97 Å². The van der Waals surface area contributed by atoms with Gasteiger partial charge in [-0.3, -0.25) is 9.69 Å². The maximum absolute atomic E-state index is 11.8. The van der Waals surface area contributed by atoms with Gasteiger partial charge in [0.15, 0.2) is 0 Å². The lowest BCUT2D eigenvalue weighted by atomic mass is 9.97. The Morgan fingerprint density at radius 2 is 1.95 bits per heavy atom. The number of rotatable bonds is 7. The fourth-order valence-corrected chi connectivity index (χ4v) is 2.62. The molecule has 0 aromatic heterocycles. The lowest BCUT2D eigenvalue weighted by Gasteiger charge is -2.39. The zero-order valence-corrected chi connectivity index (χ0v) is 13.7. The second-order valence-corrected chi connectivity index (χ2v) is 5.96. The highest BCUT2D eigenvalue weighted by atomic mass is 16.5. The van der Waals surface area contributed by atoms with E-state index in [9.17, 15) is 4.79 Å². The first kappa shape index (κ1) is 17.4. The van der Waals surface area contributed by atoms with Crippen molar-refractivity contribution in [3.05, 3.63) is 0 Å². The number of piperazine rings is 1. The first-order chi connectivity index (χ1) is 9.46. The number of carbonyl (C=O) groups is 1. The minimum absolute atomic E-state index is 0.182. The van der Waals surface area contributed by atoms with Crippen molar-refractivity contribution in [1.82, 2.24) is 15.1 Å². The van der Waals surface area contributed by atoms with Gasteiger partial charge in [-0.25, -0.2) is 0 Å². The zero-order valence-electron chi connectivity index (χ0n) is 13.7. The number of carbonyl (C=O) groups excluding carboxylic acids is 1. The minimum atomic E-state index is -0.581. The van der Waals surface area contributed by atoms with E-state index in [1.807, 2.05) is 14.0 Å². The largest absolute Gasteiger partial charge is 0.468 e. The molecule has 0 aromatic carbocycles. The lowest BCUT2D eigenvalue weighted by molar-refractivity contribution is -0.148. The Morgan fingerprint density at radius 1 is 1.35 bits per heavy atom. The number of nitrogens with one attached hydrogen (secondary N) is 1. The standard InChI is InChI=1S/C15H31N3O2/c1-6-13(2)18-11-9-17(10-12-18)8-7-15(3,16-4)14(19)20-5/h13,16H,6-12H2,1-5H3. The molecule has 0 amide bonds. The lowest BCUT2D eigenvalue weighted by Crippen LogP contribution is -2.53. The zero-order chi connectivity index (χ0) is 15.2. The van der Waals surface area contributed by atoms with Gasteiger partial charge in [0.2, 0.25) is 0 Å². The van der Waals surface area contributed by atoms with Crippen LogP contribution in [0, 0.1) is 0 Å². The predicted octanol–water partition coefficient (Wildman–Crippen LogP) is 0.944. The Morgan fingerprint density at radius 3 is 2.40 bits per heavy atom. The minimum Gasteiger partial charge on any atom is -0.468 e. The molecule has 2 atom stereocenters. The number of ether oxygens (including phenoxy) is 1. The van der Waals surface area contributed by atoms with E-state index in [2.05, 4.69) is 29.0 Å². The van der Waals surface area contributed by atoms with E-state index in [0.717, 1.165) is 39.1 Å². The Balaban J connectivity index is 2.39. The van der Waals surface area contributed by atoms with Gasteiger partial charge in [-0.05, 0) is 33.7 Å². The highest BCUT2D eigenvalue weighted by Crippen LogP contribution is 2.14. The number of nitrogens with zero attached hydrogens (tertiary/aromatic N) is 2. The van der Waals surface area contributed by atoms with Crippen molar-refractivity contribution < 1.29 is 9.53 Å². The number of hydrogen-bond donors (Lipinski definition) is 1. The molecule has 1 rings (SSSR count). The topological polar surface area (TPSA) is 44.8 Å². The van der Waals surface area contributed by atoms with E-state index >= 15 is 0 Å². The molecule has 2 unspecified atom stereocenters. The van der Waals surface area contributed by atoms with Crippen LogP contribution in [-0.2, 0) is 9.53 Å². The molecule has 20 heavy (non-hydrogen) atoms. The number of methoxy groups -OCH3 is 1. The Hall–Kier alpha value is -0.650. The van der Waals surface area contributed by atoms with E-state index in [1.165, 1.54) is 13.5 Å². The maximum atomic E-state index is 11.8. The fourth-order valence-electron chi connectivity index (χ4n) is 2.62. The summed E-state index contributed by atoms with van der Waals surface area (Å²) in [5.41, 5.74) is -0.581. The molecule has 0 saturated carbocycles. The SMILES string of the molecule is CCC(C)N1CCN(CCC(C)(NC)C(=O)OC)CC1. The molecule has 0 aliphatic carbocycles. The molecule has 5 nitrogen and oxygen atoms in total. The summed E-state index contributed by atoms with van der Waals surface area (Å²) in [5.74, 6) is -0.182. The van der Waals surface area contributed by atoms with Crippen LogP contribution in [-0.4, -0.2) is 74.2 Å². The first-order valence-corrected chi connectivity index (χ1v) is 7.70. The van der Waals surface area contributed by atoms with Crippen molar-refractivity contribution in [3.63, 3.8) is 0 Å². The molecule has 1 N–H and O–H groups in total. The van der Waals surface area contributed by atoms with Crippen LogP contribution in [0.4, 0.5) is 0 Å². The summed E-state index contributed by atoms with van der Waals surface area (Å²) < 4.78 is 4.88. The fraction of sp³-hybridized carbons (Fsp3) is 0.933. The molecule has 0 spiro atoms. The molecular formula is C15H31N3O2. The third-order valence-corrected chi connectivity index (χ3v) is 4.74. The van der Waals surface area contributed by atoms with Crippen LogP contribution in [0.5, 0.6) is 0 Å². The molecule has 0 aromatic rings. The third-order valence-electron chi connectivity index (χ3n) is 4.74. The van der Waals surface area contributed by atoms with Crippen LogP contribution in [0.3, 0.4) is 0 Å². The van der Waals surface area contributed by atoms with Crippen molar-refractivity contribution in [3.8, 4) is 0 Å². The highest BCUT2D eigenvalue weighted by Gasteiger charge is 2.33. The summed E-state index contributed by atoms with van der Waals surface area (Å²) in [6, 6.07) is 0.676. The summed E-state index contributed by atoms with van der Waals surface area (Å²) in [7, 11) is 3.26. The average molecular weight is 285 g/mol. The maximum Gasteiger partial charge on any atom is 0.325 e. The van der Waals surface area contributed by atoms with Gasteiger partial charge in [0.1, 0.15) is 5.54 Å².